The Bertz CT molecular complexity index is 42.9. The van der Waals surface area contributed by atoms with Gasteiger partial charge < -0.3 is 10.6 Å². The first kappa shape index (κ1) is 4.23. The third kappa shape index (κ3) is 3.23. The molecule has 0 spiro atoms. The van der Waals surface area contributed by atoms with E-state index in [2.05, 4.69) is 10.6 Å². The normalized spacial score (nSPS) is 6.60. The zero-order chi connectivity index (χ0) is 4.28. The van der Waals surface area contributed by atoms with Crippen LogP contribution in [-0.4, -0.2) is 6.09 Å². The Hall–Kier alpha value is -0.770. The van der Waals surface area contributed by atoms with Crippen molar-refractivity contribution >= 4 is 6.09 Å². The van der Waals surface area contributed by atoms with E-state index in [1.54, 1.807) is 0 Å². The van der Waals surface area contributed by atoms with Crippen LogP contribution in [0.4, 0.5) is 4.79 Å². The summed E-state index contributed by atoms with van der Waals surface area (Å²) in [5.74, 6) is 5.68. The molecule has 29 valence electrons. The maximum atomic E-state index is 9.18. The van der Waals surface area contributed by atoms with E-state index in [-0.39, 0.29) is 0 Å². The molecule has 5 heavy (non-hydrogen) atoms. The number of carbonyl (C=O) groups is 1. The molecule has 0 aliphatic rings. The third-order valence-electron chi connectivity index (χ3n) is 0.101. The monoisotopic (exact) mass is 75.0 g/mol. The summed E-state index contributed by atoms with van der Waals surface area (Å²) in [4.78, 5) is 12.3. The molecule has 0 aliphatic carbocycles. The second-order valence-corrected chi connectivity index (χ2v) is 0.421. The number of primary amides is 1. The van der Waals surface area contributed by atoms with Gasteiger partial charge in [-0.3, -0.25) is 0 Å². The fraction of sp³-hybridized carbons (Fsp3) is 0. The molecule has 0 rings (SSSR count). The van der Waals surface area contributed by atoms with E-state index in [9.17, 15) is 4.79 Å². The van der Waals surface area contributed by atoms with Gasteiger partial charge in [0, 0.05) is 0 Å². The SMILES string of the molecule is [NH]OC(N)=O. The van der Waals surface area contributed by atoms with Crippen molar-refractivity contribution in [2.24, 2.45) is 5.73 Å². The van der Waals surface area contributed by atoms with Crippen LogP contribution in [0.3, 0.4) is 0 Å². The Balaban J connectivity index is 2.85. The Kier molecular flexibility index (Phi) is 1.30. The minimum absolute atomic E-state index is 1.08. The number of carbonyl (C=O) groups excluding carboxylic acids is 1. The zero-order valence-corrected chi connectivity index (χ0v) is 2.39. The van der Waals surface area contributed by atoms with Crippen LogP contribution in [0.15, 0.2) is 0 Å². The van der Waals surface area contributed by atoms with Gasteiger partial charge in [0.2, 0.25) is 0 Å². The Labute approximate surface area is 28.6 Å². The molecule has 0 heterocycles. The number of rotatable bonds is 0. The standard InChI is InChI=1S/CH3N2O2/c2-1(4)5-3/h3H,(H2,2,4). The predicted molar refractivity (Wildman–Crippen MR) is 13.8 cm³/mol. The molecule has 0 aliphatic heterocycles. The molecule has 0 fully saturated rings. The van der Waals surface area contributed by atoms with Gasteiger partial charge in [-0.05, 0) is 0 Å². The van der Waals surface area contributed by atoms with Gasteiger partial charge in [0.25, 0.3) is 0 Å². The molecule has 0 aromatic rings. The van der Waals surface area contributed by atoms with E-state index in [1.165, 1.54) is 0 Å². The van der Waals surface area contributed by atoms with E-state index in [0.29, 0.717) is 0 Å². The quantitative estimate of drug-likeness (QED) is 0.386. The molecular formula is CH3N2O2. The van der Waals surface area contributed by atoms with Crippen LogP contribution >= 0.6 is 0 Å². The van der Waals surface area contributed by atoms with Crippen LogP contribution in [0.5, 0.6) is 0 Å². The first-order chi connectivity index (χ1) is 2.27. The summed E-state index contributed by atoms with van der Waals surface area (Å²) in [7, 11) is 0. The first-order valence-corrected chi connectivity index (χ1v) is 0.901. The second kappa shape index (κ2) is 1.54. The average Bonchev–Trinajstić information content (AvgIpc) is 1.38. The molecule has 1 amide bonds. The van der Waals surface area contributed by atoms with E-state index in [1.807, 2.05) is 0 Å². The lowest BCUT2D eigenvalue weighted by Crippen LogP contribution is -2.10. The molecule has 0 atom stereocenters. The molecule has 1 radical (unpaired) electrons. The van der Waals surface area contributed by atoms with Gasteiger partial charge in [0.05, 0.1) is 0 Å². The topological polar surface area (TPSA) is 76.1 Å². The molecular weight excluding hydrogens is 72.0 g/mol. The van der Waals surface area contributed by atoms with Crippen molar-refractivity contribution in [1.29, 1.82) is 0 Å². The highest BCUT2D eigenvalue weighted by atomic mass is 16.7. The third-order valence-corrected chi connectivity index (χ3v) is 0.101. The lowest BCUT2D eigenvalue weighted by Gasteiger charge is -1.77. The summed E-state index contributed by atoms with van der Waals surface area (Å²) >= 11 is 0. The van der Waals surface area contributed by atoms with Crippen molar-refractivity contribution in [3.05, 3.63) is 0 Å². The fourth-order valence-electron chi connectivity index (χ4n) is 0. The molecule has 3 N–H and O–H groups in total. The zero-order valence-electron chi connectivity index (χ0n) is 2.39. The van der Waals surface area contributed by atoms with Crippen LogP contribution in [0, 0.1) is 0 Å². The van der Waals surface area contributed by atoms with Gasteiger partial charge in [-0.15, -0.1) is 0 Å². The highest BCUT2D eigenvalue weighted by molar-refractivity contribution is 5.63. The van der Waals surface area contributed by atoms with Gasteiger partial charge in [-0.25, -0.2) is 4.79 Å². The minimum Gasteiger partial charge on any atom is -0.336 e. The first-order valence-electron chi connectivity index (χ1n) is 0.901. The molecule has 0 aromatic heterocycles. The van der Waals surface area contributed by atoms with Crippen molar-refractivity contribution in [3.8, 4) is 0 Å². The number of nitrogens with two attached hydrogens (primary N) is 1. The molecule has 0 unspecified atom stereocenters. The van der Waals surface area contributed by atoms with Gasteiger partial charge in [-0.1, -0.05) is 5.90 Å². The highest BCUT2D eigenvalue weighted by Crippen LogP contribution is 1.52. The van der Waals surface area contributed by atoms with Crippen LogP contribution in [0.25, 0.3) is 0 Å². The Morgan fingerprint density at radius 3 is 2.20 bits per heavy atom. The van der Waals surface area contributed by atoms with Gasteiger partial charge in [-0.2, -0.15) is 0 Å². The van der Waals surface area contributed by atoms with E-state index in [4.69, 9.17) is 5.90 Å². The number of hydrogen-bond acceptors (Lipinski definition) is 2. The summed E-state index contributed by atoms with van der Waals surface area (Å²) in [6.45, 7) is 0. The Morgan fingerprint density at radius 1 is 2.00 bits per heavy atom. The summed E-state index contributed by atoms with van der Waals surface area (Å²) in [5, 5.41) is 0. The second-order valence-electron chi connectivity index (χ2n) is 0.421. The van der Waals surface area contributed by atoms with Crippen molar-refractivity contribution in [2.75, 3.05) is 0 Å². The predicted octanol–water partition coefficient (Wildman–Crippen LogP) is -0.720. The number of hydrogen-bond donors (Lipinski definition) is 1. The lowest BCUT2D eigenvalue weighted by atomic mass is 11.3. The van der Waals surface area contributed by atoms with Gasteiger partial charge >= 0.3 is 6.09 Å². The van der Waals surface area contributed by atoms with E-state index >= 15 is 0 Å². The van der Waals surface area contributed by atoms with Crippen LogP contribution in [0.2, 0.25) is 0 Å². The summed E-state index contributed by atoms with van der Waals surface area (Å²) in [6, 6.07) is 0. The van der Waals surface area contributed by atoms with Gasteiger partial charge in [0.15, 0.2) is 0 Å². The number of amides is 1. The molecule has 4 nitrogen and oxygen atoms in total. The smallest absolute Gasteiger partial charge is 0.336 e. The van der Waals surface area contributed by atoms with Crippen LogP contribution < -0.4 is 11.6 Å². The maximum Gasteiger partial charge on any atom is 0.424 e. The highest BCUT2D eigenvalue weighted by Gasteiger charge is 1.78. The van der Waals surface area contributed by atoms with E-state index < -0.39 is 6.09 Å². The minimum atomic E-state index is -1.08. The average molecular weight is 75.0 g/mol. The largest absolute Gasteiger partial charge is 0.424 e. The maximum absolute atomic E-state index is 9.18. The lowest BCUT2D eigenvalue weighted by molar-refractivity contribution is 0.149. The van der Waals surface area contributed by atoms with Crippen molar-refractivity contribution in [2.45, 2.75) is 0 Å². The van der Waals surface area contributed by atoms with E-state index in [0.717, 1.165) is 0 Å². The molecule has 0 aromatic carbocycles. The van der Waals surface area contributed by atoms with Crippen LogP contribution in [0.1, 0.15) is 0 Å². The fourth-order valence-corrected chi connectivity index (χ4v) is 0. The van der Waals surface area contributed by atoms with Crippen molar-refractivity contribution in [3.63, 3.8) is 0 Å². The summed E-state index contributed by atoms with van der Waals surface area (Å²) in [5.41, 5.74) is 4.24. The summed E-state index contributed by atoms with van der Waals surface area (Å²) in [6.07, 6.45) is -1.08. The summed E-state index contributed by atoms with van der Waals surface area (Å²) < 4.78 is 0. The molecule has 4 heteroatoms. The molecule has 0 saturated carbocycles. The molecule has 0 saturated heterocycles. The number of nitrogens with one attached hydrogen (secondary N) is 1. The van der Waals surface area contributed by atoms with Crippen LogP contribution in [-0.2, 0) is 4.84 Å². The van der Waals surface area contributed by atoms with Gasteiger partial charge in [0.1, 0.15) is 0 Å². The van der Waals surface area contributed by atoms with Crippen molar-refractivity contribution < 1.29 is 9.63 Å². The van der Waals surface area contributed by atoms with Crippen molar-refractivity contribution in [1.82, 2.24) is 5.90 Å². The molecule has 0 bridgehead atoms. The Morgan fingerprint density at radius 2 is 2.20 bits per heavy atom.